The first kappa shape index (κ1) is 17.0. The predicted octanol–water partition coefficient (Wildman–Crippen LogP) is 5.27. The Morgan fingerprint density at radius 3 is 2.64 bits per heavy atom. The third kappa shape index (κ3) is 4.35. The molecule has 25 heavy (non-hydrogen) atoms. The molecule has 1 aromatic heterocycles. The maximum absolute atomic E-state index is 13.1. The molecule has 1 heterocycles. The zero-order valence-corrected chi connectivity index (χ0v) is 14.3. The molecule has 1 N–H and O–H groups in total. The van der Waals surface area contributed by atoms with E-state index in [2.05, 4.69) is 31.3 Å². The first-order chi connectivity index (χ1) is 12.0. The number of carbonyl (C=O) groups excluding carboxylic acids is 1. The molecule has 0 aliphatic rings. The van der Waals surface area contributed by atoms with E-state index in [0.29, 0.717) is 12.1 Å². The number of halogens is 1. The summed E-state index contributed by atoms with van der Waals surface area (Å²) in [6, 6.07) is 15.9. The van der Waals surface area contributed by atoms with E-state index < -0.39 is 0 Å². The number of aryl methyl sites for hydroxylation is 3. The minimum atomic E-state index is -0.373. The Hall–Kier alpha value is -2.88. The van der Waals surface area contributed by atoms with Crippen molar-refractivity contribution in [3.05, 3.63) is 77.3 Å². The molecule has 3 rings (SSSR count). The van der Waals surface area contributed by atoms with Gasteiger partial charge in [0.15, 0.2) is 0 Å². The minimum Gasteiger partial charge on any atom is -0.461 e. The van der Waals surface area contributed by atoms with Crippen LogP contribution in [0.1, 0.15) is 23.3 Å². The summed E-state index contributed by atoms with van der Waals surface area (Å²) in [5, 5.41) is 2.68. The van der Waals surface area contributed by atoms with Crippen LogP contribution in [0.3, 0.4) is 0 Å². The molecule has 0 unspecified atom stereocenters. The van der Waals surface area contributed by atoms with Crippen molar-refractivity contribution in [2.24, 2.45) is 0 Å². The summed E-state index contributed by atoms with van der Waals surface area (Å²) in [6.45, 7) is 4.14. The topological polar surface area (TPSA) is 42.2 Å². The van der Waals surface area contributed by atoms with Crippen molar-refractivity contribution in [1.82, 2.24) is 0 Å². The highest BCUT2D eigenvalue weighted by Gasteiger charge is 2.09. The Morgan fingerprint density at radius 2 is 1.88 bits per heavy atom. The van der Waals surface area contributed by atoms with Gasteiger partial charge in [0.05, 0.1) is 0 Å². The molecule has 1 amide bonds. The molecule has 0 saturated heterocycles. The van der Waals surface area contributed by atoms with Crippen molar-refractivity contribution >= 4 is 11.6 Å². The Labute approximate surface area is 146 Å². The number of anilines is 1. The SMILES string of the molecule is Cc1ccc(-c2ccc(CCC(=O)Nc3cccc(F)c3)o2)cc1C. The lowest BCUT2D eigenvalue weighted by Crippen LogP contribution is -2.12. The van der Waals surface area contributed by atoms with Crippen LogP contribution in [0.25, 0.3) is 11.3 Å². The largest absolute Gasteiger partial charge is 0.461 e. The number of hydrogen-bond acceptors (Lipinski definition) is 2. The van der Waals surface area contributed by atoms with Crippen molar-refractivity contribution in [2.45, 2.75) is 26.7 Å². The van der Waals surface area contributed by atoms with Crippen molar-refractivity contribution in [2.75, 3.05) is 5.32 Å². The second kappa shape index (κ2) is 7.34. The Bertz CT molecular complexity index is 898. The quantitative estimate of drug-likeness (QED) is 0.689. The second-order valence-electron chi connectivity index (χ2n) is 6.12. The Morgan fingerprint density at radius 1 is 1.04 bits per heavy atom. The third-order valence-electron chi connectivity index (χ3n) is 4.16. The van der Waals surface area contributed by atoms with Crippen LogP contribution in [0.5, 0.6) is 0 Å². The Balaban J connectivity index is 1.59. The van der Waals surface area contributed by atoms with Gasteiger partial charge in [0.25, 0.3) is 0 Å². The molecule has 3 aromatic rings. The number of amides is 1. The van der Waals surface area contributed by atoms with E-state index in [1.165, 1.54) is 23.3 Å². The van der Waals surface area contributed by atoms with Crippen molar-refractivity contribution in [3.8, 4) is 11.3 Å². The van der Waals surface area contributed by atoms with Crippen LogP contribution in [0, 0.1) is 19.7 Å². The van der Waals surface area contributed by atoms with Gasteiger partial charge in [0.1, 0.15) is 17.3 Å². The van der Waals surface area contributed by atoms with E-state index >= 15 is 0 Å². The lowest BCUT2D eigenvalue weighted by atomic mass is 10.1. The molecular formula is C21H20FNO2. The molecule has 4 heteroatoms. The summed E-state index contributed by atoms with van der Waals surface area (Å²) >= 11 is 0. The fourth-order valence-corrected chi connectivity index (χ4v) is 2.59. The molecule has 0 atom stereocenters. The molecule has 0 saturated carbocycles. The molecule has 128 valence electrons. The van der Waals surface area contributed by atoms with Crippen LogP contribution in [0.4, 0.5) is 10.1 Å². The fraction of sp³-hybridized carbons (Fsp3) is 0.190. The highest BCUT2D eigenvalue weighted by molar-refractivity contribution is 5.90. The van der Waals surface area contributed by atoms with Crippen LogP contribution in [-0.4, -0.2) is 5.91 Å². The number of nitrogens with one attached hydrogen (secondary N) is 1. The lowest BCUT2D eigenvalue weighted by Gasteiger charge is -2.05. The van der Waals surface area contributed by atoms with Crippen molar-refractivity contribution < 1.29 is 13.6 Å². The maximum Gasteiger partial charge on any atom is 0.224 e. The summed E-state index contributed by atoms with van der Waals surface area (Å²) < 4.78 is 19.0. The average Bonchev–Trinajstić information content (AvgIpc) is 3.04. The van der Waals surface area contributed by atoms with Crippen LogP contribution in [-0.2, 0) is 11.2 Å². The highest BCUT2D eigenvalue weighted by atomic mass is 19.1. The van der Waals surface area contributed by atoms with Gasteiger partial charge in [0.2, 0.25) is 5.91 Å². The zero-order valence-electron chi connectivity index (χ0n) is 14.3. The van der Waals surface area contributed by atoms with Crippen LogP contribution in [0.2, 0.25) is 0 Å². The van der Waals surface area contributed by atoms with Gasteiger partial charge in [-0.2, -0.15) is 0 Å². The molecule has 0 bridgehead atoms. The zero-order chi connectivity index (χ0) is 17.8. The smallest absolute Gasteiger partial charge is 0.224 e. The van der Waals surface area contributed by atoms with Crippen LogP contribution in [0.15, 0.2) is 59.0 Å². The van der Waals surface area contributed by atoms with E-state index in [-0.39, 0.29) is 18.1 Å². The molecule has 0 aliphatic heterocycles. The van der Waals surface area contributed by atoms with Crippen LogP contribution < -0.4 is 5.32 Å². The third-order valence-corrected chi connectivity index (χ3v) is 4.16. The van der Waals surface area contributed by atoms with Crippen molar-refractivity contribution in [1.29, 1.82) is 0 Å². The first-order valence-corrected chi connectivity index (χ1v) is 8.23. The molecule has 0 spiro atoms. The van der Waals surface area contributed by atoms with Gasteiger partial charge in [-0.3, -0.25) is 4.79 Å². The van der Waals surface area contributed by atoms with E-state index in [1.807, 2.05) is 18.2 Å². The minimum absolute atomic E-state index is 0.172. The van der Waals surface area contributed by atoms with Gasteiger partial charge in [-0.05, 0) is 61.4 Å². The number of carbonyl (C=O) groups is 1. The monoisotopic (exact) mass is 337 g/mol. The predicted molar refractivity (Wildman–Crippen MR) is 97.0 cm³/mol. The van der Waals surface area contributed by atoms with Gasteiger partial charge in [0, 0.05) is 24.1 Å². The summed E-state index contributed by atoms with van der Waals surface area (Å²) in [5.74, 6) is 1.00. The first-order valence-electron chi connectivity index (χ1n) is 8.23. The highest BCUT2D eigenvalue weighted by Crippen LogP contribution is 2.25. The normalized spacial score (nSPS) is 10.7. The fourth-order valence-electron chi connectivity index (χ4n) is 2.59. The summed E-state index contributed by atoms with van der Waals surface area (Å²) in [4.78, 5) is 12.0. The standard InChI is InChI=1S/C21H20FNO2/c1-14-6-7-16(12-15(14)2)20-10-8-19(25-20)9-11-21(24)23-18-5-3-4-17(22)13-18/h3-8,10,12-13H,9,11H2,1-2H3,(H,23,24). The number of rotatable bonds is 5. The van der Waals surface area contributed by atoms with E-state index in [0.717, 1.165) is 17.1 Å². The molecule has 0 radical (unpaired) electrons. The summed E-state index contributed by atoms with van der Waals surface area (Å²) in [5.41, 5.74) is 3.94. The number of hydrogen-bond donors (Lipinski definition) is 1. The van der Waals surface area contributed by atoms with Gasteiger partial charge in [-0.15, -0.1) is 0 Å². The molecule has 0 fully saturated rings. The lowest BCUT2D eigenvalue weighted by molar-refractivity contribution is -0.116. The second-order valence-corrected chi connectivity index (χ2v) is 6.12. The maximum atomic E-state index is 13.1. The van der Waals surface area contributed by atoms with E-state index in [4.69, 9.17) is 4.42 Å². The van der Waals surface area contributed by atoms with Gasteiger partial charge >= 0.3 is 0 Å². The summed E-state index contributed by atoms with van der Waals surface area (Å²) in [7, 11) is 0. The summed E-state index contributed by atoms with van der Waals surface area (Å²) in [6.07, 6.45) is 0.766. The van der Waals surface area contributed by atoms with E-state index in [1.54, 1.807) is 12.1 Å². The van der Waals surface area contributed by atoms with Crippen molar-refractivity contribution in [3.63, 3.8) is 0 Å². The van der Waals surface area contributed by atoms with Gasteiger partial charge < -0.3 is 9.73 Å². The van der Waals surface area contributed by atoms with Gasteiger partial charge in [-0.1, -0.05) is 18.2 Å². The average molecular weight is 337 g/mol. The Kier molecular flexibility index (Phi) is 4.98. The number of benzene rings is 2. The van der Waals surface area contributed by atoms with E-state index in [9.17, 15) is 9.18 Å². The molecule has 2 aromatic carbocycles. The molecular weight excluding hydrogens is 317 g/mol. The molecule has 3 nitrogen and oxygen atoms in total. The van der Waals surface area contributed by atoms with Crippen LogP contribution >= 0.6 is 0 Å². The van der Waals surface area contributed by atoms with Gasteiger partial charge in [-0.25, -0.2) is 4.39 Å². The number of furan rings is 1. The molecule has 0 aliphatic carbocycles.